The molecule has 3 heterocycles. The number of aromatic nitrogens is 3. The lowest BCUT2D eigenvalue weighted by molar-refractivity contribution is 0.208. The van der Waals surface area contributed by atoms with Crippen LogP contribution in [0.25, 0.3) is 5.69 Å². The number of piperazine rings is 1. The minimum atomic E-state index is -0.106. The number of benzene rings is 1. The van der Waals surface area contributed by atoms with Gasteiger partial charge in [0, 0.05) is 32.4 Å². The molecule has 27 heavy (non-hydrogen) atoms. The van der Waals surface area contributed by atoms with Crippen LogP contribution in [0, 0.1) is 6.92 Å². The number of nitrogens with zero attached hydrogens (tertiary/aromatic N) is 5. The molecule has 0 aliphatic carbocycles. The van der Waals surface area contributed by atoms with Crippen LogP contribution < -0.4 is 10.2 Å². The third-order valence-corrected chi connectivity index (χ3v) is 4.67. The van der Waals surface area contributed by atoms with Gasteiger partial charge in [0.15, 0.2) is 0 Å². The normalized spacial score (nSPS) is 14.3. The number of nitrogens with one attached hydrogen (secondary N) is 1. The largest absolute Gasteiger partial charge is 0.365 e. The zero-order valence-corrected chi connectivity index (χ0v) is 15.2. The summed E-state index contributed by atoms with van der Waals surface area (Å²) >= 11 is 0. The topological polar surface area (TPSA) is 66.3 Å². The fraction of sp³-hybridized carbons (Fsp3) is 0.250. The summed E-state index contributed by atoms with van der Waals surface area (Å²) in [4.78, 5) is 20.7. The summed E-state index contributed by atoms with van der Waals surface area (Å²) in [5.41, 5.74) is 3.17. The average Bonchev–Trinajstić information content (AvgIpc) is 3.21. The molecular formula is C20H22N6O. The van der Waals surface area contributed by atoms with Crippen LogP contribution >= 0.6 is 0 Å². The lowest BCUT2D eigenvalue weighted by Crippen LogP contribution is -2.50. The number of anilines is 2. The van der Waals surface area contributed by atoms with Crippen molar-refractivity contribution in [3.05, 3.63) is 66.6 Å². The maximum atomic E-state index is 12.4. The summed E-state index contributed by atoms with van der Waals surface area (Å²) < 4.78 is 1.87. The number of carbonyl (C=O) groups is 1. The third-order valence-electron chi connectivity index (χ3n) is 4.67. The van der Waals surface area contributed by atoms with Crippen LogP contribution in [-0.2, 0) is 0 Å². The second-order valence-electron chi connectivity index (χ2n) is 6.60. The molecule has 1 aliphatic rings. The lowest BCUT2D eigenvalue weighted by Gasteiger charge is -2.35. The Labute approximate surface area is 158 Å². The zero-order chi connectivity index (χ0) is 18.6. The monoisotopic (exact) mass is 362 g/mol. The molecule has 7 nitrogen and oxygen atoms in total. The molecule has 7 heteroatoms. The molecule has 1 saturated heterocycles. The quantitative estimate of drug-likeness (QED) is 0.778. The minimum Gasteiger partial charge on any atom is -0.365 e. The van der Waals surface area contributed by atoms with Crippen LogP contribution in [-0.4, -0.2) is 51.9 Å². The molecule has 1 fully saturated rings. The van der Waals surface area contributed by atoms with E-state index in [-0.39, 0.29) is 6.03 Å². The molecule has 2 aromatic heterocycles. The first kappa shape index (κ1) is 17.1. The molecule has 138 valence electrons. The molecule has 0 spiro atoms. The third kappa shape index (κ3) is 3.92. The van der Waals surface area contributed by atoms with Gasteiger partial charge in [0.1, 0.15) is 5.82 Å². The number of rotatable bonds is 3. The predicted molar refractivity (Wildman–Crippen MR) is 105 cm³/mol. The van der Waals surface area contributed by atoms with Gasteiger partial charge in [0.2, 0.25) is 0 Å². The van der Waals surface area contributed by atoms with Gasteiger partial charge in [-0.25, -0.2) is 14.5 Å². The Morgan fingerprint density at radius 2 is 1.74 bits per heavy atom. The standard InChI is InChI=1S/C20H22N6O/c1-16-7-8-19(21-13-16)23-20(27)25-11-9-24(10-12-25)18-14-22-26(15-18)17-5-3-2-4-6-17/h2-8,13-15H,9-12H2,1H3,(H,21,23,27). The highest BCUT2D eigenvalue weighted by Gasteiger charge is 2.22. The second kappa shape index (κ2) is 7.49. The zero-order valence-electron chi connectivity index (χ0n) is 15.2. The van der Waals surface area contributed by atoms with E-state index < -0.39 is 0 Å². The number of para-hydroxylation sites is 1. The van der Waals surface area contributed by atoms with Gasteiger partial charge in [0.05, 0.1) is 23.8 Å². The van der Waals surface area contributed by atoms with Gasteiger partial charge < -0.3 is 9.80 Å². The maximum Gasteiger partial charge on any atom is 0.323 e. The minimum absolute atomic E-state index is 0.106. The SMILES string of the molecule is Cc1ccc(NC(=O)N2CCN(c3cnn(-c4ccccc4)c3)CC2)nc1. The maximum absolute atomic E-state index is 12.4. The van der Waals surface area contributed by atoms with Gasteiger partial charge >= 0.3 is 6.03 Å². The Bertz CT molecular complexity index is 898. The van der Waals surface area contributed by atoms with Gasteiger partial charge in [-0.05, 0) is 30.7 Å². The van der Waals surface area contributed by atoms with E-state index in [1.54, 1.807) is 6.20 Å². The summed E-state index contributed by atoms with van der Waals surface area (Å²) in [5, 5.41) is 7.31. The number of amides is 2. The molecule has 1 aliphatic heterocycles. The van der Waals surface area contributed by atoms with E-state index in [1.165, 1.54) is 0 Å². The van der Waals surface area contributed by atoms with Crippen LogP contribution in [0.4, 0.5) is 16.3 Å². The number of pyridine rings is 1. The molecule has 0 unspecified atom stereocenters. The van der Waals surface area contributed by atoms with Crippen LogP contribution in [0.2, 0.25) is 0 Å². The van der Waals surface area contributed by atoms with Crippen LogP contribution in [0.15, 0.2) is 61.1 Å². The van der Waals surface area contributed by atoms with E-state index in [0.717, 1.165) is 30.0 Å². The van der Waals surface area contributed by atoms with E-state index in [9.17, 15) is 4.79 Å². The van der Waals surface area contributed by atoms with E-state index in [2.05, 4.69) is 20.3 Å². The Hall–Kier alpha value is -3.35. The highest BCUT2D eigenvalue weighted by atomic mass is 16.2. The van der Waals surface area contributed by atoms with E-state index in [1.807, 2.05) is 71.4 Å². The van der Waals surface area contributed by atoms with Gasteiger partial charge in [-0.15, -0.1) is 0 Å². The van der Waals surface area contributed by atoms with E-state index in [4.69, 9.17) is 0 Å². The first-order valence-electron chi connectivity index (χ1n) is 9.03. The van der Waals surface area contributed by atoms with Crippen molar-refractivity contribution in [3.8, 4) is 5.69 Å². The van der Waals surface area contributed by atoms with Crippen molar-refractivity contribution in [3.63, 3.8) is 0 Å². The lowest BCUT2D eigenvalue weighted by atomic mass is 10.3. The molecule has 3 aromatic rings. The summed E-state index contributed by atoms with van der Waals surface area (Å²) in [6, 6.07) is 13.7. The Morgan fingerprint density at radius 3 is 2.44 bits per heavy atom. The molecular weight excluding hydrogens is 340 g/mol. The van der Waals surface area contributed by atoms with Crippen molar-refractivity contribution in [1.82, 2.24) is 19.7 Å². The molecule has 0 bridgehead atoms. The number of urea groups is 1. The molecule has 4 rings (SSSR count). The summed E-state index contributed by atoms with van der Waals surface area (Å²) in [7, 11) is 0. The summed E-state index contributed by atoms with van der Waals surface area (Å²) in [5.74, 6) is 0.581. The number of carbonyl (C=O) groups excluding carboxylic acids is 1. The van der Waals surface area contributed by atoms with Crippen LogP contribution in [0.1, 0.15) is 5.56 Å². The van der Waals surface area contributed by atoms with Crippen molar-refractivity contribution in [2.45, 2.75) is 6.92 Å². The predicted octanol–water partition coefficient (Wildman–Crippen LogP) is 2.93. The first-order valence-corrected chi connectivity index (χ1v) is 9.03. The highest BCUT2D eigenvalue weighted by molar-refractivity contribution is 5.88. The fourth-order valence-corrected chi connectivity index (χ4v) is 3.10. The highest BCUT2D eigenvalue weighted by Crippen LogP contribution is 2.18. The van der Waals surface area contributed by atoms with E-state index >= 15 is 0 Å². The van der Waals surface area contributed by atoms with E-state index in [0.29, 0.717) is 18.9 Å². The molecule has 2 amide bonds. The fourth-order valence-electron chi connectivity index (χ4n) is 3.10. The number of hydrogen-bond acceptors (Lipinski definition) is 4. The smallest absolute Gasteiger partial charge is 0.323 e. The molecule has 0 atom stereocenters. The summed E-state index contributed by atoms with van der Waals surface area (Å²) in [6.07, 6.45) is 5.65. The van der Waals surface area contributed by atoms with Gasteiger partial charge in [-0.3, -0.25) is 5.32 Å². The van der Waals surface area contributed by atoms with Gasteiger partial charge in [0.25, 0.3) is 0 Å². The number of hydrogen-bond donors (Lipinski definition) is 1. The Balaban J connectivity index is 1.34. The Kier molecular flexibility index (Phi) is 4.74. The molecule has 0 saturated carbocycles. The number of aryl methyl sites for hydroxylation is 1. The van der Waals surface area contributed by atoms with Crippen molar-refractivity contribution < 1.29 is 4.79 Å². The van der Waals surface area contributed by atoms with Crippen LogP contribution in [0.3, 0.4) is 0 Å². The average molecular weight is 362 g/mol. The first-order chi connectivity index (χ1) is 13.2. The van der Waals surface area contributed by atoms with Gasteiger partial charge in [-0.2, -0.15) is 5.10 Å². The van der Waals surface area contributed by atoms with Crippen molar-refractivity contribution >= 4 is 17.5 Å². The molecule has 1 N–H and O–H groups in total. The second-order valence-corrected chi connectivity index (χ2v) is 6.60. The van der Waals surface area contributed by atoms with Gasteiger partial charge in [-0.1, -0.05) is 24.3 Å². The molecule has 0 radical (unpaired) electrons. The molecule has 1 aromatic carbocycles. The van der Waals surface area contributed by atoms with Crippen molar-refractivity contribution in [2.75, 3.05) is 36.4 Å². The van der Waals surface area contributed by atoms with Crippen molar-refractivity contribution in [1.29, 1.82) is 0 Å². The van der Waals surface area contributed by atoms with Crippen molar-refractivity contribution in [2.24, 2.45) is 0 Å². The summed E-state index contributed by atoms with van der Waals surface area (Å²) in [6.45, 7) is 4.84. The van der Waals surface area contributed by atoms with Crippen LogP contribution in [0.5, 0.6) is 0 Å². The Morgan fingerprint density at radius 1 is 0.963 bits per heavy atom.